The van der Waals surface area contributed by atoms with Gasteiger partial charge in [0, 0.05) is 27.4 Å². The molecular formula is C25H24ClFN2O3. The minimum Gasteiger partial charge on any atom is -0.478 e. The molecule has 3 aromatic rings. The lowest BCUT2D eigenvalue weighted by molar-refractivity contribution is 0.0696. The number of aromatic carboxylic acids is 1. The summed E-state index contributed by atoms with van der Waals surface area (Å²) in [6, 6.07) is 9.57. The number of carboxylic acid groups (broad SMARTS) is 1. The quantitative estimate of drug-likeness (QED) is 0.483. The second kappa shape index (κ2) is 8.34. The van der Waals surface area contributed by atoms with Gasteiger partial charge >= 0.3 is 5.97 Å². The smallest absolute Gasteiger partial charge is 0.335 e. The van der Waals surface area contributed by atoms with Crippen LogP contribution >= 0.6 is 11.6 Å². The number of benzene rings is 2. The molecule has 2 aliphatic rings. The van der Waals surface area contributed by atoms with Crippen molar-refractivity contribution in [3.05, 3.63) is 75.2 Å². The molecule has 2 N–H and O–H groups in total. The number of nitrogens with zero attached hydrogens (tertiary/aromatic N) is 2. The number of halogens is 2. The molecule has 1 heterocycles. The van der Waals surface area contributed by atoms with Crippen LogP contribution in [-0.4, -0.2) is 26.0 Å². The summed E-state index contributed by atoms with van der Waals surface area (Å²) in [5.41, 5.74) is 4.14. The van der Waals surface area contributed by atoms with Gasteiger partial charge < -0.3 is 10.2 Å². The topological polar surface area (TPSA) is 75.3 Å². The number of aliphatic hydroxyl groups is 1. The zero-order valence-corrected chi connectivity index (χ0v) is 18.3. The molecule has 32 heavy (non-hydrogen) atoms. The SMILES string of the molecule is O=C(O)c1ccc(-c2nn(C(O)c3c(Cl)cccc3C3CC3)c3c2CCCCC3)c(F)c1. The number of hydrogen-bond acceptors (Lipinski definition) is 3. The molecule has 1 saturated carbocycles. The van der Waals surface area contributed by atoms with Crippen molar-refractivity contribution in [1.29, 1.82) is 0 Å². The largest absolute Gasteiger partial charge is 0.478 e. The summed E-state index contributed by atoms with van der Waals surface area (Å²) in [4.78, 5) is 11.2. The lowest BCUT2D eigenvalue weighted by Gasteiger charge is -2.20. The summed E-state index contributed by atoms with van der Waals surface area (Å²) in [5.74, 6) is -1.41. The lowest BCUT2D eigenvalue weighted by atomic mass is 10.00. The zero-order chi connectivity index (χ0) is 22.4. The summed E-state index contributed by atoms with van der Waals surface area (Å²) >= 11 is 6.54. The van der Waals surface area contributed by atoms with Crippen LogP contribution in [0.4, 0.5) is 4.39 Å². The lowest BCUT2D eigenvalue weighted by Crippen LogP contribution is -2.17. The van der Waals surface area contributed by atoms with Crippen LogP contribution < -0.4 is 0 Å². The van der Waals surface area contributed by atoms with Gasteiger partial charge in [0.1, 0.15) is 5.82 Å². The molecule has 0 saturated heterocycles. The third-order valence-corrected chi connectivity index (χ3v) is 6.85. The Bertz CT molecular complexity index is 1200. The van der Waals surface area contributed by atoms with Crippen molar-refractivity contribution in [1.82, 2.24) is 9.78 Å². The molecule has 7 heteroatoms. The maximum atomic E-state index is 14.9. The van der Waals surface area contributed by atoms with Gasteiger partial charge in [-0.25, -0.2) is 13.9 Å². The Morgan fingerprint density at radius 3 is 2.66 bits per heavy atom. The first-order valence-electron chi connectivity index (χ1n) is 11.1. The number of carbonyl (C=O) groups is 1. The van der Waals surface area contributed by atoms with Gasteiger partial charge in [0.2, 0.25) is 0 Å². The first kappa shape index (κ1) is 21.2. The normalized spacial score (nSPS) is 17.0. The molecule has 2 aromatic carbocycles. The summed E-state index contributed by atoms with van der Waals surface area (Å²) in [6.07, 6.45) is 5.50. The molecule has 1 atom stereocenters. The predicted octanol–water partition coefficient (Wildman–Crippen LogP) is 5.73. The van der Waals surface area contributed by atoms with Crippen LogP contribution in [0.1, 0.15) is 77.0 Å². The van der Waals surface area contributed by atoms with E-state index in [4.69, 9.17) is 16.7 Å². The molecule has 1 aromatic heterocycles. The summed E-state index contributed by atoms with van der Waals surface area (Å²) in [7, 11) is 0. The van der Waals surface area contributed by atoms with Gasteiger partial charge in [-0.1, -0.05) is 30.2 Å². The molecule has 5 rings (SSSR count). The maximum Gasteiger partial charge on any atom is 0.335 e. The van der Waals surface area contributed by atoms with Crippen molar-refractivity contribution < 1.29 is 19.4 Å². The summed E-state index contributed by atoms with van der Waals surface area (Å²) in [5, 5.41) is 25.8. The molecule has 0 amide bonds. The highest BCUT2D eigenvalue weighted by Crippen LogP contribution is 2.45. The van der Waals surface area contributed by atoms with Crippen molar-refractivity contribution in [3.63, 3.8) is 0 Å². The first-order chi connectivity index (χ1) is 15.5. The molecule has 2 aliphatic carbocycles. The number of rotatable bonds is 5. The highest BCUT2D eigenvalue weighted by molar-refractivity contribution is 6.31. The number of carboxylic acids is 1. The summed E-state index contributed by atoms with van der Waals surface area (Å²) < 4.78 is 16.6. The van der Waals surface area contributed by atoms with E-state index in [1.807, 2.05) is 12.1 Å². The molecular weight excluding hydrogens is 431 g/mol. The molecule has 1 unspecified atom stereocenters. The predicted molar refractivity (Wildman–Crippen MR) is 120 cm³/mol. The van der Waals surface area contributed by atoms with Gasteiger partial charge in [-0.15, -0.1) is 0 Å². The van der Waals surface area contributed by atoms with Crippen LogP contribution in [0.25, 0.3) is 11.3 Å². The van der Waals surface area contributed by atoms with E-state index in [1.165, 1.54) is 12.1 Å². The molecule has 0 spiro atoms. The highest BCUT2D eigenvalue weighted by Gasteiger charge is 2.32. The highest BCUT2D eigenvalue weighted by atomic mass is 35.5. The van der Waals surface area contributed by atoms with E-state index >= 15 is 0 Å². The van der Waals surface area contributed by atoms with Crippen molar-refractivity contribution in [2.45, 2.75) is 57.1 Å². The van der Waals surface area contributed by atoms with E-state index in [0.717, 1.165) is 67.8 Å². The Morgan fingerprint density at radius 1 is 1.16 bits per heavy atom. The van der Waals surface area contributed by atoms with Gasteiger partial charge in [-0.2, -0.15) is 5.10 Å². The second-order valence-corrected chi connectivity index (χ2v) is 9.08. The average molecular weight is 455 g/mol. The Kier molecular flexibility index (Phi) is 5.51. The van der Waals surface area contributed by atoms with Crippen LogP contribution in [0.5, 0.6) is 0 Å². The third-order valence-electron chi connectivity index (χ3n) is 6.52. The van der Waals surface area contributed by atoms with Crippen LogP contribution in [0.2, 0.25) is 5.02 Å². The minimum absolute atomic E-state index is 0.109. The van der Waals surface area contributed by atoms with E-state index < -0.39 is 18.0 Å². The molecule has 166 valence electrons. The van der Waals surface area contributed by atoms with Gasteiger partial charge in [0.15, 0.2) is 6.23 Å². The van der Waals surface area contributed by atoms with Gasteiger partial charge in [0.05, 0.1) is 11.3 Å². The van der Waals surface area contributed by atoms with Crippen molar-refractivity contribution >= 4 is 17.6 Å². The van der Waals surface area contributed by atoms with E-state index in [-0.39, 0.29) is 11.1 Å². The summed E-state index contributed by atoms with van der Waals surface area (Å²) in [6.45, 7) is 0. The Labute approximate surface area is 190 Å². The van der Waals surface area contributed by atoms with Crippen molar-refractivity contribution in [3.8, 4) is 11.3 Å². The Morgan fingerprint density at radius 2 is 1.94 bits per heavy atom. The van der Waals surface area contributed by atoms with Crippen LogP contribution in [0.3, 0.4) is 0 Å². The molecule has 0 bridgehead atoms. The monoisotopic (exact) mass is 454 g/mol. The third kappa shape index (κ3) is 3.71. The fourth-order valence-electron chi connectivity index (χ4n) is 4.76. The Balaban J connectivity index is 1.65. The number of fused-ring (bicyclic) bond motifs is 1. The molecule has 0 aliphatic heterocycles. The van der Waals surface area contributed by atoms with Gasteiger partial charge in [-0.05, 0) is 74.3 Å². The van der Waals surface area contributed by atoms with Crippen LogP contribution in [0, 0.1) is 5.82 Å². The van der Waals surface area contributed by atoms with E-state index in [2.05, 4.69) is 0 Å². The number of hydrogen-bond donors (Lipinski definition) is 2. The maximum absolute atomic E-state index is 14.9. The number of aromatic nitrogens is 2. The van der Waals surface area contributed by atoms with E-state index in [9.17, 15) is 19.4 Å². The van der Waals surface area contributed by atoms with Crippen LogP contribution in [-0.2, 0) is 12.8 Å². The molecule has 1 fully saturated rings. The number of aliphatic hydroxyl groups excluding tert-OH is 1. The molecule has 0 radical (unpaired) electrons. The van der Waals surface area contributed by atoms with Crippen LogP contribution in [0.15, 0.2) is 36.4 Å². The second-order valence-electron chi connectivity index (χ2n) is 8.67. The van der Waals surface area contributed by atoms with E-state index in [1.54, 1.807) is 10.7 Å². The first-order valence-corrected chi connectivity index (χ1v) is 11.4. The van der Waals surface area contributed by atoms with Crippen molar-refractivity contribution in [2.75, 3.05) is 0 Å². The minimum atomic E-state index is -1.18. The molecule has 5 nitrogen and oxygen atoms in total. The fourth-order valence-corrected chi connectivity index (χ4v) is 5.04. The van der Waals surface area contributed by atoms with Crippen molar-refractivity contribution in [2.24, 2.45) is 0 Å². The average Bonchev–Trinajstić information content (AvgIpc) is 3.58. The van der Waals surface area contributed by atoms with E-state index in [0.29, 0.717) is 22.2 Å². The van der Waals surface area contributed by atoms with Gasteiger partial charge in [-0.3, -0.25) is 0 Å². The van der Waals surface area contributed by atoms with Gasteiger partial charge in [0.25, 0.3) is 0 Å². The zero-order valence-electron chi connectivity index (χ0n) is 17.5. The fraction of sp³-hybridized carbons (Fsp3) is 0.360. The Hall–Kier alpha value is -2.70. The standard InChI is InChI=1S/C25H24ClFN2O3/c26-19-7-4-6-16(14-9-10-14)22(19)24(30)29-21-8-3-1-2-5-18(21)23(28-29)17-12-11-15(25(31)32)13-20(17)27/h4,6-7,11-14,24,30H,1-3,5,8-10H2,(H,31,32).